The van der Waals surface area contributed by atoms with E-state index in [2.05, 4.69) is 0 Å². The minimum Gasteiger partial charge on any atom is -0.549 e. The van der Waals surface area contributed by atoms with Gasteiger partial charge >= 0.3 is 29.6 Å². The zero-order valence-electron chi connectivity index (χ0n) is 5.69. The van der Waals surface area contributed by atoms with Crippen LogP contribution in [0, 0.1) is 0 Å². The summed E-state index contributed by atoms with van der Waals surface area (Å²) in [5, 5.41) is 9.90. The van der Waals surface area contributed by atoms with E-state index in [1.54, 1.807) is 36.4 Å². The Labute approximate surface area is 89.9 Å². The molecular weight excluding hydrogens is 246 g/mol. The van der Waals surface area contributed by atoms with Crippen LogP contribution in [-0.2, 0) is 4.79 Å². The fourth-order valence-electron chi connectivity index (χ4n) is 0. The average Bonchev–Trinajstić information content (AvgIpc) is 1.31. The van der Waals surface area contributed by atoms with Gasteiger partial charge in [0.2, 0.25) is 0 Å². The van der Waals surface area contributed by atoms with Crippen LogP contribution in [0.5, 0.6) is 0 Å². The number of hydrogen-bond acceptors (Lipinski definition) is 2. The van der Waals surface area contributed by atoms with Crippen LogP contribution in [-0.4, -0.2) is 14.9 Å². The van der Waals surface area contributed by atoms with Crippen LogP contribution in [0.2, 0.25) is 0 Å². The Morgan fingerprint density at radius 2 is 1.67 bits per heavy atom. The van der Waals surface area contributed by atoms with E-state index in [1.165, 1.54) is 0 Å². The number of carboxylic acid groups (broad SMARTS) is 1. The first-order valence-corrected chi connectivity index (χ1v) is 2.93. The fourth-order valence-corrected chi connectivity index (χ4v) is 0. The number of aliphatic carboxylic acids is 1. The van der Waals surface area contributed by atoms with Crippen molar-refractivity contribution in [3.63, 3.8) is 0 Å². The van der Waals surface area contributed by atoms with Crippen LogP contribution in [0.25, 0.3) is 0 Å². The van der Waals surface area contributed by atoms with E-state index in [0.29, 0.717) is 0 Å². The van der Waals surface area contributed by atoms with Gasteiger partial charge in [-0.2, -0.15) is 0 Å². The van der Waals surface area contributed by atoms with Crippen LogP contribution in [0.15, 0.2) is 0 Å². The van der Waals surface area contributed by atoms with Gasteiger partial charge in [-0.15, -0.1) is 0 Å². The molecule has 0 saturated carbocycles. The van der Waals surface area contributed by atoms with Gasteiger partial charge in [0.05, 0.1) is 9.39 Å². The molecule has 9 heavy (non-hydrogen) atoms. The Kier molecular flexibility index (Phi) is 10.9. The Bertz CT molecular complexity index is 88.3. The summed E-state index contributed by atoms with van der Waals surface area (Å²) >= 11 is 1.80. The van der Waals surface area contributed by atoms with E-state index in [0.717, 1.165) is 0 Å². The molecular formula is C4H8INaO3. The minimum absolute atomic E-state index is 0. The van der Waals surface area contributed by atoms with Crippen molar-refractivity contribution in [3.8, 4) is 0 Å². The molecule has 0 radical (unpaired) electrons. The van der Waals surface area contributed by atoms with Gasteiger partial charge in [-0.1, -0.05) is 22.6 Å². The molecule has 0 atom stereocenters. The van der Waals surface area contributed by atoms with Gasteiger partial charge in [-0.3, -0.25) is 0 Å². The molecule has 0 fully saturated rings. The summed E-state index contributed by atoms with van der Waals surface area (Å²) in [6, 6.07) is 0. The van der Waals surface area contributed by atoms with Crippen molar-refractivity contribution in [2.24, 2.45) is 0 Å². The van der Waals surface area contributed by atoms with Crippen LogP contribution in [0.1, 0.15) is 13.8 Å². The second-order valence-electron chi connectivity index (χ2n) is 1.76. The third-order valence-electron chi connectivity index (χ3n) is 0.485. The summed E-state index contributed by atoms with van der Waals surface area (Å²) in [7, 11) is 0. The molecule has 0 aromatic heterocycles. The topological polar surface area (TPSA) is 71.6 Å². The third-order valence-corrected chi connectivity index (χ3v) is 0.926. The number of hydrogen-bond donors (Lipinski definition) is 0. The maximum Gasteiger partial charge on any atom is 1.00 e. The summed E-state index contributed by atoms with van der Waals surface area (Å²) in [5.74, 6) is -1.02. The van der Waals surface area contributed by atoms with Crippen molar-refractivity contribution in [1.29, 1.82) is 0 Å². The van der Waals surface area contributed by atoms with E-state index in [4.69, 9.17) is 0 Å². The first-order chi connectivity index (χ1) is 2.94. The molecule has 0 aromatic carbocycles. The number of halogens is 1. The molecule has 0 saturated heterocycles. The predicted molar refractivity (Wildman–Crippen MR) is 36.7 cm³/mol. The van der Waals surface area contributed by atoms with Gasteiger partial charge < -0.3 is 15.4 Å². The molecule has 5 heteroatoms. The zero-order valence-corrected chi connectivity index (χ0v) is 9.85. The summed E-state index contributed by atoms with van der Waals surface area (Å²) in [6.45, 7) is 3.17. The molecule has 0 bridgehead atoms. The van der Waals surface area contributed by atoms with Gasteiger partial charge in [-0.25, -0.2) is 0 Å². The zero-order chi connectivity index (χ0) is 6.08. The van der Waals surface area contributed by atoms with Crippen molar-refractivity contribution in [1.82, 2.24) is 0 Å². The van der Waals surface area contributed by atoms with Crippen molar-refractivity contribution in [2.75, 3.05) is 0 Å². The summed E-state index contributed by atoms with van der Waals surface area (Å²) in [5.41, 5.74) is 0. The summed E-state index contributed by atoms with van der Waals surface area (Å²) in [6.07, 6.45) is 0. The van der Waals surface area contributed by atoms with Gasteiger partial charge in [0.25, 0.3) is 0 Å². The van der Waals surface area contributed by atoms with Crippen LogP contribution >= 0.6 is 22.6 Å². The number of alkyl halides is 1. The van der Waals surface area contributed by atoms with Crippen LogP contribution in [0.3, 0.4) is 0 Å². The molecule has 0 aliphatic rings. The largest absolute Gasteiger partial charge is 1.00 e. The van der Waals surface area contributed by atoms with E-state index >= 15 is 0 Å². The van der Waals surface area contributed by atoms with E-state index < -0.39 is 9.39 Å². The van der Waals surface area contributed by atoms with Gasteiger partial charge in [0.15, 0.2) is 0 Å². The Morgan fingerprint density at radius 1 is 1.56 bits per heavy atom. The molecule has 50 valence electrons. The number of carboxylic acids is 1. The van der Waals surface area contributed by atoms with Crippen LogP contribution in [0.4, 0.5) is 0 Å². The second kappa shape index (κ2) is 5.91. The first-order valence-electron chi connectivity index (χ1n) is 1.85. The van der Waals surface area contributed by atoms with Crippen LogP contribution < -0.4 is 34.7 Å². The van der Waals surface area contributed by atoms with Gasteiger partial charge in [0, 0.05) is 0 Å². The number of carbonyl (C=O) groups is 1. The van der Waals surface area contributed by atoms with E-state index in [1.807, 2.05) is 0 Å². The van der Waals surface area contributed by atoms with Gasteiger partial charge in [-0.05, 0) is 13.8 Å². The summed E-state index contributed by atoms with van der Waals surface area (Å²) in [4.78, 5) is 9.90. The quantitative estimate of drug-likeness (QED) is 0.273. The predicted octanol–water partition coefficient (Wildman–Crippen LogP) is -3.87. The molecule has 0 heterocycles. The molecule has 3 nitrogen and oxygen atoms in total. The van der Waals surface area contributed by atoms with E-state index in [-0.39, 0.29) is 35.0 Å². The Hall–Kier alpha value is 1.16. The Morgan fingerprint density at radius 3 is 1.67 bits per heavy atom. The molecule has 0 spiro atoms. The monoisotopic (exact) mass is 254 g/mol. The molecule has 0 aliphatic heterocycles. The third kappa shape index (κ3) is 9.16. The minimum atomic E-state index is -1.02. The van der Waals surface area contributed by atoms with Gasteiger partial charge in [0.1, 0.15) is 0 Å². The molecule has 0 rings (SSSR count). The van der Waals surface area contributed by atoms with Crippen molar-refractivity contribution >= 4 is 28.6 Å². The molecule has 0 aliphatic carbocycles. The fraction of sp³-hybridized carbons (Fsp3) is 0.750. The Balaban J connectivity index is -0.000000180. The number of carbonyl (C=O) groups excluding carboxylic acids is 1. The molecule has 0 unspecified atom stereocenters. The average molecular weight is 254 g/mol. The molecule has 0 aromatic rings. The van der Waals surface area contributed by atoms with Crippen molar-refractivity contribution in [3.05, 3.63) is 0 Å². The van der Waals surface area contributed by atoms with Crippen molar-refractivity contribution in [2.45, 2.75) is 17.3 Å². The maximum atomic E-state index is 9.90. The standard InChI is InChI=1S/C4H7IO2.Na.H2O/c1-4(2,5)3(6)7;;/h1-2H3,(H,6,7);;1H2/q;+1;/p-1. The number of rotatable bonds is 1. The first kappa shape index (κ1) is 16.6. The van der Waals surface area contributed by atoms with Crippen molar-refractivity contribution < 1.29 is 44.9 Å². The summed E-state index contributed by atoms with van der Waals surface area (Å²) < 4.78 is -0.724. The van der Waals surface area contributed by atoms with E-state index in [9.17, 15) is 9.90 Å². The smallest absolute Gasteiger partial charge is 0.549 e. The molecule has 2 N–H and O–H groups in total. The maximum absolute atomic E-state index is 9.90. The molecule has 0 amide bonds. The second-order valence-corrected chi connectivity index (χ2v) is 4.46. The normalized spacial score (nSPS) is 8.78. The SMILES string of the molecule is CC(C)(I)C(=O)[O-].O.[Na+].